The van der Waals surface area contributed by atoms with E-state index in [0.717, 1.165) is 21.8 Å². The van der Waals surface area contributed by atoms with Crippen molar-refractivity contribution < 1.29 is 9.84 Å². The molecule has 0 atom stereocenters. The molecule has 4 heterocycles. The van der Waals surface area contributed by atoms with E-state index in [2.05, 4.69) is 0 Å². The number of fused-ring (bicyclic) bond motifs is 10. The summed E-state index contributed by atoms with van der Waals surface area (Å²) in [5, 5.41) is 14.2. The summed E-state index contributed by atoms with van der Waals surface area (Å²) in [5.41, 5.74) is 3.07. The van der Waals surface area contributed by atoms with E-state index in [1.807, 2.05) is 34.7 Å². The molecule has 0 aliphatic carbocycles. The molecule has 6 nitrogen and oxygen atoms in total. The molecule has 0 aliphatic heterocycles. The van der Waals surface area contributed by atoms with Crippen molar-refractivity contribution >= 4 is 60.7 Å². The number of para-hydroxylation sites is 1. The van der Waals surface area contributed by atoms with Crippen molar-refractivity contribution in [2.24, 2.45) is 7.05 Å². The van der Waals surface area contributed by atoms with Gasteiger partial charge in [0.2, 0.25) is 5.88 Å². The van der Waals surface area contributed by atoms with Gasteiger partial charge < -0.3 is 9.84 Å². The first-order valence-electron chi connectivity index (χ1n) is 9.06. The van der Waals surface area contributed by atoms with E-state index in [1.54, 1.807) is 26.3 Å². The average Bonchev–Trinajstić information content (AvgIpc) is 3.32. The minimum absolute atomic E-state index is 0.100. The van der Waals surface area contributed by atoms with Crippen molar-refractivity contribution in [3.63, 3.8) is 0 Å². The molecule has 7 heteroatoms. The summed E-state index contributed by atoms with van der Waals surface area (Å²) < 4.78 is 8.91. The van der Waals surface area contributed by atoms with Gasteiger partial charge in [0, 0.05) is 28.2 Å². The van der Waals surface area contributed by atoms with E-state index in [1.165, 1.54) is 4.57 Å². The molecule has 0 unspecified atom stereocenters. The second-order valence-corrected chi connectivity index (χ2v) is 7.58. The molecular weight excluding hydrogens is 390 g/mol. The number of benzene rings is 2. The maximum Gasteiger partial charge on any atom is 0.263 e. The number of hydrogen-bond donors (Lipinski definition) is 1. The van der Waals surface area contributed by atoms with Crippen LogP contribution in [0.15, 0.2) is 47.3 Å². The van der Waals surface area contributed by atoms with Gasteiger partial charge in [-0.1, -0.05) is 23.7 Å². The minimum Gasteiger partial charge on any atom is -0.494 e. The first-order chi connectivity index (χ1) is 14.0. The number of aromatic hydroxyl groups is 1. The summed E-state index contributed by atoms with van der Waals surface area (Å²) in [4.78, 5) is 18.0. The predicted octanol–water partition coefficient (Wildman–Crippen LogP) is 4.45. The Hall–Kier alpha value is -3.51. The van der Waals surface area contributed by atoms with Gasteiger partial charge in [0.1, 0.15) is 16.6 Å². The summed E-state index contributed by atoms with van der Waals surface area (Å²) >= 11 is 6.25. The van der Waals surface area contributed by atoms with Crippen LogP contribution in [-0.4, -0.2) is 26.2 Å². The van der Waals surface area contributed by atoms with Gasteiger partial charge in [-0.2, -0.15) is 0 Å². The summed E-state index contributed by atoms with van der Waals surface area (Å²) in [7, 11) is 3.17. The fourth-order valence-corrected chi connectivity index (χ4v) is 4.64. The highest BCUT2D eigenvalue weighted by atomic mass is 35.5. The molecule has 0 fully saturated rings. The Bertz CT molecular complexity index is 1700. The van der Waals surface area contributed by atoms with E-state index in [-0.39, 0.29) is 11.4 Å². The Balaban J connectivity index is 2.12. The number of hydrogen-bond acceptors (Lipinski definition) is 4. The molecule has 29 heavy (non-hydrogen) atoms. The lowest BCUT2D eigenvalue weighted by Gasteiger charge is -2.04. The van der Waals surface area contributed by atoms with Crippen LogP contribution in [0.5, 0.6) is 11.6 Å². The third kappa shape index (κ3) is 1.82. The number of halogens is 1. The van der Waals surface area contributed by atoms with Crippen molar-refractivity contribution in [2.75, 3.05) is 7.11 Å². The smallest absolute Gasteiger partial charge is 0.263 e. The van der Waals surface area contributed by atoms with Gasteiger partial charge in [0.15, 0.2) is 5.75 Å². The van der Waals surface area contributed by atoms with Crippen LogP contribution in [0, 0.1) is 0 Å². The number of rotatable bonds is 1. The Morgan fingerprint density at radius 1 is 1.07 bits per heavy atom. The summed E-state index contributed by atoms with van der Waals surface area (Å²) in [6.45, 7) is 0. The molecule has 0 amide bonds. The van der Waals surface area contributed by atoms with Gasteiger partial charge in [-0.05, 0) is 30.3 Å². The predicted molar refractivity (Wildman–Crippen MR) is 115 cm³/mol. The van der Waals surface area contributed by atoms with Gasteiger partial charge in [-0.25, -0.2) is 4.98 Å². The quantitative estimate of drug-likeness (QED) is 0.440. The molecule has 0 spiro atoms. The molecule has 0 saturated heterocycles. The van der Waals surface area contributed by atoms with Gasteiger partial charge in [-0.3, -0.25) is 13.8 Å². The lowest BCUT2D eigenvalue weighted by Crippen LogP contribution is -2.09. The van der Waals surface area contributed by atoms with E-state index in [4.69, 9.17) is 21.3 Å². The Kier molecular flexibility index (Phi) is 3.01. The second kappa shape index (κ2) is 5.30. The zero-order valence-electron chi connectivity index (χ0n) is 15.5. The van der Waals surface area contributed by atoms with Crippen molar-refractivity contribution in [3.8, 4) is 11.6 Å². The fourth-order valence-electron chi connectivity index (χ4n) is 4.47. The maximum atomic E-state index is 13.1. The monoisotopic (exact) mass is 403 g/mol. The van der Waals surface area contributed by atoms with E-state index < -0.39 is 0 Å². The normalized spacial score (nSPS) is 12.2. The Labute approximate surface area is 168 Å². The average molecular weight is 404 g/mol. The van der Waals surface area contributed by atoms with Gasteiger partial charge >= 0.3 is 0 Å². The van der Waals surface area contributed by atoms with Crippen molar-refractivity contribution in [1.29, 1.82) is 0 Å². The molecule has 4 aromatic heterocycles. The van der Waals surface area contributed by atoms with Crippen LogP contribution >= 0.6 is 11.6 Å². The van der Waals surface area contributed by atoms with Crippen molar-refractivity contribution in [2.45, 2.75) is 0 Å². The molecule has 0 bridgehead atoms. The molecule has 142 valence electrons. The van der Waals surface area contributed by atoms with Gasteiger partial charge in [0.05, 0.1) is 23.5 Å². The summed E-state index contributed by atoms with van der Waals surface area (Å²) in [5.74, 6) is 0.550. The van der Waals surface area contributed by atoms with E-state index in [9.17, 15) is 9.90 Å². The molecule has 0 saturated carbocycles. The maximum absolute atomic E-state index is 13.1. The number of aromatic nitrogens is 3. The first kappa shape index (κ1) is 16.4. The highest BCUT2D eigenvalue weighted by Crippen LogP contribution is 2.44. The first-order valence-corrected chi connectivity index (χ1v) is 9.43. The number of pyridine rings is 1. The van der Waals surface area contributed by atoms with Crippen molar-refractivity contribution in [3.05, 3.63) is 57.8 Å². The highest BCUT2D eigenvalue weighted by molar-refractivity contribution is 6.33. The minimum atomic E-state index is -0.282. The van der Waals surface area contributed by atoms with E-state index >= 15 is 0 Å². The Morgan fingerprint density at radius 2 is 1.86 bits per heavy atom. The van der Waals surface area contributed by atoms with Crippen LogP contribution in [0.4, 0.5) is 0 Å². The second-order valence-electron chi connectivity index (χ2n) is 7.14. The fraction of sp³-hybridized carbons (Fsp3) is 0.0909. The molecule has 2 aromatic carbocycles. The summed E-state index contributed by atoms with van der Waals surface area (Å²) in [6, 6.07) is 13.1. The lowest BCUT2D eigenvalue weighted by molar-refractivity contribution is 0.424. The largest absolute Gasteiger partial charge is 0.494 e. The number of methoxy groups -OCH3 is 1. The van der Waals surface area contributed by atoms with Crippen LogP contribution < -0.4 is 10.3 Å². The van der Waals surface area contributed by atoms with Gasteiger partial charge in [0.25, 0.3) is 5.56 Å². The highest BCUT2D eigenvalue weighted by Gasteiger charge is 2.27. The molecule has 0 radical (unpaired) electrons. The van der Waals surface area contributed by atoms with Crippen LogP contribution in [-0.2, 0) is 7.05 Å². The molecule has 1 N–H and O–H groups in total. The Morgan fingerprint density at radius 3 is 2.66 bits per heavy atom. The van der Waals surface area contributed by atoms with Crippen LogP contribution in [0.2, 0.25) is 5.02 Å². The molecular formula is C22H14ClN3O3. The zero-order chi connectivity index (χ0) is 20.0. The molecule has 6 aromatic rings. The lowest BCUT2D eigenvalue weighted by atomic mass is 10.1. The molecule has 0 aliphatic rings. The topological polar surface area (TPSA) is 68.8 Å². The van der Waals surface area contributed by atoms with E-state index in [0.29, 0.717) is 38.1 Å². The number of nitrogens with zero attached hydrogens (tertiary/aromatic N) is 3. The zero-order valence-corrected chi connectivity index (χ0v) is 16.3. The van der Waals surface area contributed by atoms with Crippen LogP contribution in [0.25, 0.3) is 49.1 Å². The SMILES string of the molecule is COc1c2ccccc2n2c1c1nc3ccc(Cl)cc3c1c1c(=O)n(C)c(O)c12. The standard InChI is InChI=1S/C22H14ClN3O3/c1-25-21(27)16-15-12-9-10(23)7-8-13(12)24-17(15)19-20(29-2)11-5-3-4-6-14(11)26(19)18(16)22(25)28/h3-9,28H,1-2H3. The van der Waals surface area contributed by atoms with Gasteiger partial charge in [-0.15, -0.1) is 0 Å². The third-order valence-corrected chi connectivity index (χ3v) is 5.95. The van der Waals surface area contributed by atoms with Crippen molar-refractivity contribution in [1.82, 2.24) is 14.0 Å². The van der Waals surface area contributed by atoms with Crippen LogP contribution in [0.3, 0.4) is 0 Å². The molecule has 6 rings (SSSR count). The van der Waals surface area contributed by atoms with Crippen LogP contribution in [0.1, 0.15) is 0 Å². The summed E-state index contributed by atoms with van der Waals surface area (Å²) in [6.07, 6.45) is 0. The number of ether oxygens (including phenoxy) is 1. The third-order valence-electron chi connectivity index (χ3n) is 5.71.